The summed E-state index contributed by atoms with van der Waals surface area (Å²) in [6.07, 6.45) is 4.51. The lowest BCUT2D eigenvalue weighted by atomic mass is 9.79. The fraction of sp³-hybridized carbons (Fsp3) is 0.900. The summed E-state index contributed by atoms with van der Waals surface area (Å²) >= 11 is 2.02. The van der Waals surface area contributed by atoms with Crippen molar-refractivity contribution in [3.8, 4) is 0 Å². The molecule has 80 valence electrons. The van der Waals surface area contributed by atoms with Crippen LogP contribution in [-0.2, 0) is 4.79 Å². The highest BCUT2D eigenvalue weighted by Gasteiger charge is 2.36. The summed E-state index contributed by atoms with van der Waals surface area (Å²) in [6, 6.07) is 0.244. The molecule has 0 amide bonds. The molecule has 0 aromatic heterocycles. The number of nitrogens with one attached hydrogen (secondary N) is 1. The molecule has 2 aliphatic rings. The van der Waals surface area contributed by atoms with E-state index >= 15 is 0 Å². The minimum absolute atomic E-state index is 0.124. The maximum absolute atomic E-state index is 10.7. The summed E-state index contributed by atoms with van der Waals surface area (Å²) in [6.45, 7) is 0.999. The third kappa shape index (κ3) is 2.23. The van der Waals surface area contributed by atoms with E-state index in [0.717, 1.165) is 24.6 Å². The number of thioether (sulfide) groups is 1. The lowest BCUT2D eigenvalue weighted by Crippen LogP contribution is -2.49. The fourth-order valence-corrected chi connectivity index (χ4v) is 3.34. The van der Waals surface area contributed by atoms with Crippen LogP contribution in [0.2, 0.25) is 0 Å². The van der Waals surface area contributed by atoms with Crippen LogP contribution in [0.3, 0.4) is 0 Å². The highest BCUT2D eigenvalue weighted by Crippen LogP contribution is 2.29. The second kappa shape index (κ2) is 4.53. The van der Waals surface area contributed by atoms with E-state index in [0.29, 0.717) is 0 Å². The summed E-state index contributed by atoms with van der Waals surface area (Å²) in [5.41, 5.74) is 0. The highest BCUT2D eigenvalue weighted by molar-refractivity contribution is 8.00. The number of rotatable bonds is 4. The highest BCUT2D eigenvalue weighted by atomic mass is 32.2. The summed E-state index contributed by atoms with van der Waals surface area (Å²) in [4.78, 5) is 10.7. The minimum Gasteiger partial charge on any atom is -0.481 e. The molecule has 2 fully saturated rings. The van der Waals surface area contributed by atoms with Crippen LogP contribution in [-0.4, -0.2) is 34.7 Å². The van der Waals surface area contributed by atoms with Gasteiger partial charge in [-0.15, -0.1) is 0 Å². The first-order valence-electron chi connectivity index (χ1n) is 5.35. The van der Waals surface area contributed by atoms with Gasteiger partial charge in [-0.05, 0) is 31.4 Å². The number of carbonyl (C=O) groups is 1. The molecule has 4 heteroatoms. The first kappa shape index (κ1) is 10.3. The van der Waals surface area contributed by atoms with E-state index in [1.807, 2.05) is 11.8 Å². The quantitative estimate of drug-likeness (QED) is 0.743. The molecule has 3 nitrogen and oxygen atoms in total. The van der Waals surface area contributed by atoms with Gasteiger partial charge >= 0.3 is 5.97 Å². The van der Waals surface area contributed by atoms with E-state index in [1.165, 1.54) is 18.6 Å². The third-order valence-electron chi connectivity index (χ3n) is 3.22. The Bertz CT molecular complexity index is 216. The number of carboxylic acids is 1. The average Bonchev–Trinajstić information content (AvgIpc) is 2.53. The van der Waals surface area contributed by atoms with Gasteiger partial charge in [0, 0.05) is 17.8 Å². The van der Waals surface area contributed by atoms with E-state index in [1.54, 1.807) is 0 Å². The predicted molar refractivity (Wildman–Crippen MR) is 57.6 cm³/mol. The van der Waals surface area contributed by atoms with E-state index in [2.05, 4.69) is 5.32 Å². The van der Waals surface area contributed by atoms with Crippen LogP contribution in [0.25, 0.3) is 0 Å². The second-order valence-electron chi connectivity index (χ2n) is 4.17. The van der Waals surface area contributed by atoms with Crippen molar-refractivity contribution in [3.05, 3.63) is 0 Å². The molecule has 1 heterocycles. The van der Waals surface area contributed by atoms with Gasteiger partial charge in [0.1, 0.15) is 0 Å². The molecule has 2 rings (SSSR count). The summed E-state index contributed by atoms with van der Waals surface area (Å²) in [5.74, 6) is 0.522. The molecular weight excluding hydrogens is 198 g/mol. The SMILES string of the molecule is O=C(O)C1CCC1NCC1CCCS1. The second-order valence-corrected chi connectivity index (χ2v) is 5.58. The van der Waals surface area contributed by atoms with Crippen molar-refractivity contribution >= 4 is 17.7 Å². The maximum atomic E-state index is 10.7. The molecule has 0 spiro atoms. The summed E-state index contributed by atoms with van der Waals surface area (Å²) < 4.78 is 0. The van der Waals surface area contributed by atoms with Crippen molar-refractivity contribution in [2.75, 3.05) is 12.3 Å². The van der Waals surface area contributed by atoms with Gasteiger partial charge in [-0.2, -0.15) is 11.8 Å². The standard InChI is InChI=1S/C10H17NO2S/c12-10(13)8-3-4-9(8)11-6-7-2-1-5-14-7/h7-9,11H,1-6H2,(H,12,13). The van der Waals surface area contributed by atoms with Gasteiger partial charge < -0.3 is 10.4 Å². The minimum atomic E-state index is -0.632. The lowest BCUT2D eigenvalue weighted by molar-refractivity contribution is -0.146. The number of hydrogen-bond acceptors (Lipinski definition) is 3. The molecule has 3 unspecified atom stereocenters. The average molecular weight is 215 g/mol. The molecule has 2 N–H and O–H groups in total. The Balaban J connectivity index is 1.67. The van der Waals surface area contributed by atoms with Crippen LogP contribution < -0.4 is 5.32 Å². The van der Waals surface area contributed by atoms with Crippen molar-refractivity contribution in [3.63, 3.8) is 0 Å². The zero-order valence-electron chi connectivity index (χ0n) is 8.24. The number of aliphatic carboxylic acids is 1. The van der Waals surface area contributed by atoms with E-state index in [-0.39, 0.29) is 12.0 Å². The molecule has 0 bridgehead atoms. The molecule has 14 heavy (non-hydrogen) atoms. The van der Waals surface area contributed by atoms with Crippen LogP contribution in [0, 0.1) is 5.92 Å². The van der Waals surface area contributed by atoms with Gasteiger partial charge in [0.05, 0.1) is 5.92 Å². The normalized spacial score (nSPS) is 36.7. The molecule has 1 saturated carbocycles. The van der Waals surface area contributed by atoms with Gasteiger partial charge in [-0.3, -0.25) is 4.79 Å². The number of carboxylic acid groups (broad SMARTS) is 1. The Morgan fingerprint density at radius 1 is 1.43 bits per heavy atom. The van der Waals surface area contributed by atoms with Gasteiger partial charge in [-0.25, -0.2) is 0 Å². The van der Waals surface area contributed by atoms with E-state index in [9.17, 15) is 4.79 Å². The predicted octanol–water partition coefficient (Wildman–Crippen LogP) is 1.33. The molecule has 0 aromatic rings. The van der Waals surface area contributed by atoms with E-state index < -0.39 is 5.97 Å². The lowest BCUT2D eigenvalue weighted by Gasteiger charge is -2.34. The molecule has 1 saturated heterocycles. The monoisotopic (exact) mass is 215 g/mol. The third-order valence-corrected chi connectivity index (χ3v) is 4.62. The molecular formula is C10H17NO2S. The zero-order valence-corrected chi connectivity index (χ0v) is 9.05. The Morgan fingerprint density at radius 3 is 2.79 bits per heavy atom. The fourth-order valence-electron chi connectivity index (χ4n) is 2.13. The van der Waals surface area contributed by atoms with Crippen molar-refractivity contribution < 1.29 is 9.90 Å². The van der Waals surface area contributed by atoms with Crippen LogP contribution in [0.1, 0.15) is 25.7 Å². The van der Waals surface area contributed by atoms with Gasteiger partial charge in [0.25, 0.3) is 0 Å². The number of hydrogen-bond donors (Lipinski definition) is 2. The van der Waals surface area contributed by atoms with Crippen molar-refractivity contribution in [1.82, 2.24) is 5.32 Å². The van der Waals surface area contributed by atoms with Crippen LogP contribution in [0.5, 0.6) is 0 Å². The van der Waals surface area contributed by atoms with Crippen molar-refractivity contribution in [2.24, 2.45) is 5.92 Å². The summed E-state index contributed by atoms with van der Waals surface area (Å²) in [7, 11) is 0. The van der Waals surface area contributed by atoms with Gasteiger partial charge in [-0.1, -0.05) is 0 Å². The maximum Gasteiger partial charge on any atom is 0.308 e. The smallest absolute Gasteiger partial charge is 0.308 e. The van der Waals surface area contributed by atoms with Crippen LogP contribution >= 0.6 is 11.8 Å². The van der Waals surface area contributed by atoms with Gasteiger partial charge in [0.15, 0.2) is 0 Å². The van der Waals surface area contributed by atoms with Crippen molar-refractivity contribution in [1.29, 1.82) is 0 Å². The Morgan fingerprint density at radius 2 is 2.29 bits per heavy atom. The molecule has 3 atom stereocenters. The van der Waals surface area contributed by atoms with E-state index in [4.69, 9.17) is 5.11 Å². The molecule has 0 radical (unpaired) electrons. The molecule has 1 aliphatic heterocycles. The molecule has 1 aliphatic carbocycles. The first-order chi connectivity index (χ1) is 6.77. The molecule has 0 aromatic carbocycles. The zero-order chi connectivity index (χ0) is 9.97. The Hall–Kier alpha value is -0.220. The Labute approximate surface area is 88.6 Å². The topological polar surface area (TPSA) is 49.3 Å². The Kier molecular flexibility index (Phi) is 3.34. The van der Waals surface area contributed by atoms with Crippen LogP contribution in [0.4, 0.5) is 0 Å². The van der Waals surface area contributed by atoms with Crippen LogP contribution in [0.15, 0.2) is 0 Å². The van der Waals surface area contributed by atoms with Crippen molar-refractivity contribution in [2.45, 2.75) is 37.0 Å². The largest absolute Gasteiger partial charge is 0.481 e. The summed E-state index contributed by atoms with van der Waals surface area (Å²) in [5, 5.41) is 13.0. The first-order valence-corrected chi connectivity index (χ1v) is 6.40. The van der Waals surface area contributed by atoms with Gasteiger partial charge in [0.2, 0.25) is 0 Å².